The first kappa shape index (κ1) is 13.9. The van der Waals surface area contributed by atoms with Gasteiger partial charge in [-0.25, -0.2) is 4.98 Å². The van der Waals surface area contributed by atoms with Crippen LogP contribution in [0.15, 0.2) is 36.5 Å². The number of benzene rings is 1. The molecule has 0 saturated carbocycles. The molecule has 3 nitrogen and oxygen atoms in total. The molecule has 0 aliphatic heterocycles. The van der Waals surface area contributed by atoms with Crippen LogP contribution in [0, 0.1) is 18.3 Å². The molecule has 104 valence electrons. The molecular weight excluding hydrogens is 305 g/mol. The van der Waals surface area contributed by atoms with E-state index in [2.05, 4.69) is 11.1 Å². The first-order valence-electron chi connectivity index (χ1n) is 6.40. The third kappa shape index (κ3) is 2.49. The van der Waals surface area contributed by atoms with Crippen LogP contribution < -0.4 is 0 Å². The Kier molecular flexibility index (Phi) is 3.59. The van der Waals surface area contributed by atoms with E-state index in [1.165, 1.54) is 0 Å². The van der Waals surface area contributed by atoms with E-state index in [4.69, 9.17) is 28.5 Å². The number of hydrogen-bond donors (Lipinski definition) is 0. The van der Waals surface area contributed by atoms with Crippen molar-refractivity contribution in [3.05, 3.63) is 57.8 Å². The second-order valence-corrected chi connectivity index (χ2v) is 5.64. The van der Waals surface area contributed by atoms with Crippen molar-refractivity contribution in [2.45, 2.75) is 13.3 Å². The SMILES string of the molecule is Cc1ccn2c(CC#N)c(-c3ccc(Cl)cc3Cl)nc2c1. The van der Waals surface area contributed by atoms with Gasteiger partial charge in [-0.15, -0.1) is 0 Å². The van der Waals surface area contributed by atoms with Crippen molar-refractivity contribution in [3.63, 3.8) is 0 Å². The Morgan fingerprint density at radius 1 is 1.24 bits per heavy atom. The number of fused-ring (bicyclic) bond motifs is 1. The fourth-order valence-corrected chi connectivity index (χ4v) is 2.84. The van der Waals surface area contributed by atoms with E-state index in [0.717, 1.165) is 28.2 Å². The molecule has 5 heteroatoms. The Hall–Kier alpha value is -2.02. The molecule has 0 spiro atoms. The highest BCUT2D eigenvalue weighted by atomic mass is 35.5. The first-order valence-corrected chi connectivity index (χ1v) is 7.15. The quantitative estimate of drug-likeness (QED) is 0.688. The normalized spacial score (nSPS) is 10.8. The first-order chi connectivity index (χ1) is 10.1. The highest BCUT2D eigenvalue weighted by molar-refractivity contribution is 6.36. The van der Waals surface area contributed by atoms with E-state index in [9.17, 15) is 0 Å². The zero-order valence-corrected chi connectivity index (χ0v) is 12.8. The van der Waals surface area contributed by atoms with Crippen LogP contribution in [-0.4, -0.2) is 9.38 Å². The van der Waals surface area contributed by atoms with Gasteiger partial charge in [0.15, 0.2) is 0 Å². The van der Waals surface area contributed by atoms with Crippen LogP contribution in [0.2, 0.25) is 10.0 Å². The fourth-order valence-electron chi connectivity index (χ4n) is 2.34. The van der Waals surface area contributed by atoms with E-state index in [1.54, 1.807) is 12.1 Å². The van der Waals surface area contributed by atoms with Crippen molar-refractivity contribution >= 4 is 28.8 Å². The lowest BCUT2D eigenvalue weighted by atomic mass is 10.1. The van der Waals surface area contributed by atoms with Gasteiger partial charge >= 0.3 is 0 Å². The van der Waals surface area contributed by atoms with Gasteiger partial charge in [-0.3, -0.25) is 0 Å². The van der Waals surface area contributed by atoms with Gasteiger partial charge in [0.25, 0.3) is 0 Å². The largest absolute Gasteiger partial charge is 0.302 e. The monoisotopic (exact) mass is 315 g/mol. The second kappa shape index (κ2) is 5.40. The predicted octanol–water partition coefficient (Wildman–Crippen LogP) is 4.68. The summed E-state index contributed by atoms with van der Waals surface area (Å²) in [7, 11) is 0. The average molecular weight is 316 g/mol. The van der Waals surface area contributed by atoms with Gasteiger partial charge in [-0.2, -0.15) is 5.26 Å². The molecule has 0 aliphatic carbocycles. The summed E-state index contributed by atoms with van der Waals surface area (Å²) in [5.41, 5.74) is 4.26. The summed E-state index contributed by atoms with van der Waals surface area (Å²) >= 11 is 12.2. The number of rotatable bonds is 2. The topological polar surface area (TPSA) is 41.1 Å². The highest BCUT2D eigenvalue weighted by Gasteiger charge is 2.16. The molecule has 0 unspecified atom stereocenters. The molecule has 0 bridgehead atoms. The number of pyridine rings is 1. The Labute approximate surface area is 132 Å². The van der Waals surface area contributed by atoms with E-state index in [0.29, 0.717) is 10.0 Å². The van der Waals surface area contributed by atoms with Gasteiger partial charge in [0.1, 0.15) is 5.65 Å². The van der Waals surface area contributed by atoms with Crippen molar-refractivity contribution in [3.8, 4) is 17.3 Å². The standard InChI is InChI=1S/C16H11Cl2N3/c1-10-5-7-21-14(4-6-19)16(20-15(21)8-10)12-3-2-11(17)9-13(12)18/h2-3,5,7-9H,4H2,1H3. The molecule has 2 heterocycles. The van der Waals surface area contributed by atoms with Crippen LogP contribution in [0.4, 0.5) is 0 Å². The molecule has 3 rings (SSSR count). The minimum Gasteiger partial charge on any atom is -0.302 e. The maximum atomic E-state index is 9.09. The van der Waals surface area contributed by atoms with Gasteiger partial charge < -0.3 is 4.40 Å². The maximum Gasteiger partial charge on any atom is 0.137 e. The van der Waals surface area contributed by atoms with Gasteiger partial charge in [-0.05, 0) is 42.8 Å². The molecule has 1 aromatic carbocycles. The molecule has 2 aromatic heterocycles. The number of nitriles is 1. The average Bonchev–Trinajstić information content (AvgIpc) is 2.77. The van der Waals surface area contributed by atoms with Gasteiger partial charge in [0.05, 0.1) is 28.9 Å². The molecule has 0 aliphatic rings. The Bertz CT molecular complexity index is 875. The molecule has 0 radical (unpaired) electrons. The number of halogens is 2. The smallest absolute Gasteiger partial charge is 0.137 e. The zero-order valence-electron chi connectivity index (χ0n) is 11.3. The maximum absolute atomic E-state index is 9.09. The number of aromatic nitrogens is 2. The van der Waals surface area contributed by atoms with Crippen molar-refractivity contribution in [1.82, 2.24) is 9.38 Å². The zero-order chi connectivity index (χ0) is 15.0. The lowest BCUT2D eigenvalue weighted by Crippen LogP contribution is -1.94. The summed E-state index contributed by atoms with van der Waals surface area (Å²) in [4.78, 5) is 4.64. The number of aryl methyl sites for hydroxylation is 1. The van der Waals surface area contributed by atoms with Gasteiger partial charge in [0.2, 0.25) is 0 Å². The lowest BCUT2D eigenvalue weighted by molar-refractivity contribution is 1.05. The minimum atomic E-state index is 0.262. The van der Waals surface area contributed by atoms with Crippen molar-refractivity contribution in [2.24, 2.45) is 0 Å². The third-order valence-electron chi connectivity index (χ3n) is 3.31. The van der Waals surface area contributed by atoms with Crippen LogP contribution in [0.1, 0.15) is 11.3 Å². The Morgan fingerprint density at radius 2 is 2.05 bits per heavy atom. The van der Waals surface area contributed by atoms with E-state index < -0.39 is 0 Å². The van der Waals surface area contributed by atoms with E-state index >= 15 is 0 Å². The fraction of sp³-hybridized carbons (Fsp3) is 0.125. The van der Waals surface area contributed by atoms with Crippen LogP contribution in [-0.2, 0) is 6.42 Å². The van der Waals surface area contributed by atoms with Crippen LogP contribution >= 0.6 is 23.2 Å². The van der Waals surface area contributed by atoms with E-state index in [-0.39, 0.29) is 6.42 Å². The summed E-state index contributed by atoms with van der Waals surface area (Å²) in [6.07, 6.45) is 2.19. The molecule has 0 atom stereocenters. The Morgan fingerprint density at radius 3 is 2.76 bits per heavy atom. The molecule has 21 heavy (non-hydrogen) atoms. The minimum absolute atomic E-state index is 0.262. The summed E-state index contributed by atoms with van der Waals surface area (Å²) in [5, 5.41) is 10.2. The summed E-state index contributed by atoms with van der Waals surface area (Å²) in [5.74, 6) is 0. The molecular formula is C16H11Cl2N3. The summed E-state index contributed by atoms with van der Waals surface area (Å²) in [6.45, 7) is 2.01. The molecule has 3 aromatic rings. The number of hydrogen-bond acceptors (Lipinski definition) is 2. The van der Waals surface area contributed by atoms with Crippen LogP contribution in [0.25, 0.3) is 16.9 Å². The van der Waals surface area contributed by atoms with Crippen LogP contribution in [0.3, 0.4) is 0 Å². The van der Waals surface area contributed by atoms with Crippen LogP contribution in [0.5, 0.6) is 0 Å². The van der Waals surface area contributed by atoms with Gasteiger partial charge in [0, 0.05) is 16.8 Å². The lowest BCUT2D eigenvalue weighted by Gasteiger charge is -2.04. The molecule has 0 amide bonds. The molecule has 0 fully saturated rings. The second-order valence-electron chi connectivity index (χ2n) is 4.80. The summed E-state index contributed by atoms with van der Waals surface area (Å²) in [6, 6.07) is 11.4. The number of imidazole rings is 1. The van der Waals surface area contributed by atoms with Gasteiger partial charge in [-0.1, -0.05) is 23.2 Å². The van der Waals surface area contributed by atoms with E-state index in [1.807, 2.05) is 35.7 Å². The van der Waals surface area contributed by atoms with Crippen molar-refractivity contribution in [1.29, 1.82) is 5.26 Å². The summed E-state index contributed by atoms with van der Waals surface area (Å²) < 4.78 is 1.93. The third-order valence-corrected chi connectivity index (χ3v) is 3.86. The molecule has 0 saturated heterocycles. The van der Waals surface area contributed by atoms with Crippen molar-refractivity contribution in [2.75, 3.05) is 0 Å². The number of nitrogens with zero attached hydrogens (tertiary/aromatic N) is 3. The molecule has 0 N–H and O–H groups in total. The highest BCUT2D eigenvalue weighted by Crippen LogP contribution is 2.32. The predicted molar refractivity (Wildman–Crippen MR) is 84.7 cm³/mol. The van der Waals surface area contributed by atoms with Crippen molar-refractivity contribution < 1.29 is 0 Å². The Balaban J connectivity index is 2.30.